The fourth-order valence-electron chi connectivity index (χ4n) is 5.19. The molecule has 3 aromatic rings. The zero-order valence-corrected chi connectivity index (χ0v) is 22.1. The van der Waals surface area contributed by atoms with E-state index in [9.17, 15) is 28.1 Å². The molecular formula is C28H27N3O7S. The predicted molar refractivity (Wildman–Crippen MR) is 146 cm³/mol. The zero-order valence-electron chi connectivity index (χ0n) is 21.3. The summed E-state index contributed by atoms with van der Waals surface area (Å²) in [4.78, 5) is 43.0. The number of ether oxygens (including phenoxy) is 1. The first-order chi connectivity index (χ1) is 18.6. The lowest BCUT2D eigenvalue weighted by atomic mass is 9.86. The zero-order chi connectivity index (χ0) is 27.7. The number of esters is 1. The van der Waals surface area contributed by atoms with Gasteiger partial charge in [0.05, 0.1) is 33.2 Å². The third-order valence-electron chi connectivity index (χ3n) is 7.30. The van der Waals surface area contributed by atoms with E-state index in [1.54, 1.807) is 18.2 Å². The summed E-state index contributed by atoms with van der Waals surface area (Å²) >= 11 is 0. The molecular weight excluding hydrogens is 522 g/mol. The van der Waals surface area contributed by atoms with Gasteiger partial charge in [0, 0.05) is 30.6 Å². The lowest BCUT2D eigenvalue weighted by molar-refractivity contribution is -0.384. The fraction of sp³-hybridized carbons (Fsp3) is 0.321. The van der Waals surface area contributed by atoms with Crippen molar-refractivity contribution in [1.82, 2.24) is 9.88 Å². The van der Waals surface area contributed by atoms with Crippen LogP contribution in [0.5, 0.6) is 0 Å². The summed E-state index contributed by atoms with van der Waals surface area (Å²) in [6.45, 7) is -0.497. The molecule has 1 amide bonds. The number of para-hydroxylation sites is 1. The maximum Gasteiger partial charge on any atom is 0.339 e. The Hall–Kier alpha value is -4.12. The first kappa shape index (κ1) is 26.5. The molecule has 2 aliphatic rings. The summed E-state index contributed by atoms with van der Waals surface area (Å²) in [6, 6.07) is 13.1. The molecule has 0 spiro atoms. The number of likely N-dealkylation sites (N-methyl/N-ethyl adjacent to an activating group) is 1. The first-order valence-corrected chi connectivity index (χ1v) is 14.5. The van der Waals surface area contributed by atoms with Crippen LogP contribution in [0.4, 0.5) is 5.69 Å². The van der Waals surface area contributed by atoms with E-state index < -0.39 is 39.3 Å². The number of amides is 1. The molecule has 0 radical (unpaired) electrons. The molecule has 1 aliphatic heterocycles. The average Bonchev–Trinajstić information content (AvgIpc) is 3.29. The van der Waals surface area contributed by atoms with Crippen molar-refractivity contribution in [3.05, 3.63) is 81.0 Å². The van der Waals surface area contributed by atoms with Crippen LogP contribution in [-0.2, 0) is 25.8 Å². The molecule has 1 atom stereocenters. The highest BCUT2D eigenvalue weighted by atomic mass is 32.2. The van der Waals surface area contributed by atoms with Crippen LogP contribution >= 0.6 is 0 Å². The number of aromatic nitrogens is 1. The third-order valence-corrected chi connectivity index (χ3v) is 9.05. The van der Waals surface area contributed by atoms with Crippen LogP contribution in [0.1, 0.15) is 46.4 Å². The Bertz CT molecular complexity index is 1610. The molecule has 1 aromatic heterocycles. The van der Waals surface area contributed by atoms with E-state index >= 15 is 0 Å². The Morgan fingerprint density at radius 3 is 2.59 bits per heavy atom. The lowest BCUT2D eigenvalue weighted by Crippen LogP contribution is -2.40. The van der Waals surface area contributed by atoms with Gasteiger partial charge in [-0.05, 0) is 66.7 Å². The number of rotatable bonds is 6. The van der Waals surface area contributed by atoms with E-state index in [0.29, 0.717) is 35.0 Å². The molecule has 202 valence electrons. The maximum atomic E-state index is 13.4. The van der Waals surface area contributed by atoms with E-state index in [4.69, 9.17) is 9.72 Å². The minimum Gasteiger partial charge on any atom is -0.452 e. The molecule has 10 nitrogen and oxygen atoms in total. The molecule has 0 unspecified atom stereocenters. The largest absolute Gasteiger partial charge is 0.452 e. The molecule has 1 fully saturated rings. The minimum absolute atomic E-state index is 0.00472. The van der Waals surface area contributed by atoms with Crippen molar-refractivity contribution >= 4 is 50.0 Å². The van der Waals surface area contributed by atoms with E-state index in [2.05, 4.69) is 0 Å². The molecule has 1 aliphatic carbocycles. The van der Waals surface area contributed by atoms with Gasteiger partial charge in [-0.3, -0.25) is 14.9 Å². The summed E-state index contributed by atoms with van der Waals surface area (Å²) < 4.78 is 29.1. The Kier molecular flexibility index (Phi) is 7.17. The topological polar surface area (TPSA) is 137 Å². The summed E-state index contributed by atoms with van der Waals surface area (Å²) in [6.07, 6.45) is 4.38. The normalized spacial score (nSPS) is 19.0. The number of non-ortho nitro benzene ring substituents is 1. The van der Waals surface area contributed by atoms with Crippen molar-refractivity contribution < 1.29 is 27.7 Å². The van der Waals surface area contributed by atoms with Gasteiger partial charge in [0.25, 0.3) is 11.6 Å². The van der Waals surface area contributed by atoms with Crippen LogP contribution in [0, 0.1) is 10.1 Å². The van der Waals surface area contributed by atoms with Crippen LogP contribution in [0.25, 0.3) is 22.6 Å². The molecule has 2 heterocycles. The molecule has 39 heavy (non-hydrogen) atoms. The number of nitro benzene ring substituents is 1. The highest BCUT2D eigenvalue weighted by Gasteiger charge is 2.33. The monoisotopic (exact) mass is 549 g/mol. The van der Waals surface area contributed by atoms with Crippen LogP contribution in [0.2, 0.25) is 0 Å². The van der Waals surface area contributed by atoms with E-state index in [-0.39, 0.29) is 17.2 Å². The second-order valence-corrected chi connectivity index (χ2v) is 12.1. The third kappa shape index (κ3) is 5.53. The van der Waals surface area contributed by atoms with Gasteiger partial charge in [-0.15, -0.1) is 0 Å². The number of allylic oxidation sites excluding steroid dienone is 1. The number of pyridine rings is 1. The van der Waals surface area contributed by atoms with Crippen molar-refractivity contribution in [3.8, 4) is 0 Å². The van der Waals surface area contributed by atoms with Crippen LogP contribution in [-0.4, -0.2) is 66.3 Å². The Morgan fingerprint density at radius 2 is 1.90 bits per heavy atom. The highest BCUT2D eigenvalue weighted by Crippen LogP contribution is 2.36. The number of benzene rings is 2. The molecule has 0 saturated carbocycles. The van der Waals surface area contributed by atoms with Crippen molar-refractivity contribution in [2.75, 3.05) is 25.2 Å². The second-order valence-electron chi connectivity index (χ2n) is 9.84. The summed E-state index contributed by atoms with van der Waals surface area (Å²) in [5, 5.41) is 11.6. The molecule has 11 heteroatoms. The van der Waals surface area contributed by atoms with Crippen LogP contribution < -0.4 is 0 Å². The molecule has 5 rings (SSSR count). The van der Waals surface area contributed by atoms with Gasteiger partial charge in [0.15, 0.2) is 16.4 Å². The van der Waals surface area contributed by atoms with Gasteiger partial charge in [-0.1, -0.05) is 18.2 Å². The molecule has 2 aromatic carbocycles. The fourth-order valence-corrected chi connectivity index (χ4v) is 6.96. The lowest BCUT2D eigenvalue weighted by Gasteiger charge is -2.24. The Morgan fingerprint density at radius 1 is 1.15 bits per heavy atom. The van der Waals surface area contributed by atoms with Crippen molar-refractivity contribution in [1.29, 1.82) is 0 Å². The Balaban J connectivity index is 1.44. The summed E-state index contributed by atoms with van der Waals surface area (Å²) in [7, 11) is -1.63. The predicted octanol–water partition coefficient (Wildman–Crippen LogP) is 3.82. The number of sulfone groups is 1. The van der Waals surface area contributed by atoms with Gasteiger partial charge in [-0.2, -0.15) is 0 Å². The van der Waals surface area contributed by atoms with E-state index in [1.807, 2.05) is 24.3 Å². The van der Waals surface area contributed by atoms with Crippen molar-refractivity contribution in [2.24, 2.45) is 0 Å². The average molecular weight is 550 g/mol. The number of nitro groups is 1. The van der Waals surface area contributed by atoms with E-state index in [1.165, 1.54) is 24.1 Å². The maximum absolute atomic E-state index is 13.4. The number of carbonyl (C=O) groups excluding carboxylic acids is 2. The number of hydrogen-bond donors (Lipinski definition) is 0. The van der Waals surface area contributed by atoms with Gasteiger partial charge in [-0.25, -0.2) is 18.2 Å². The quantitative estimate of drug-likeness (QED) is 0.257. The second kappa shape index (κ2) is 10.6. The minimum atomic E-state index is -3.16. The van der Waals surface area contributed by atoms with Gasteiger partial charge in [0.1, 0.15) is 0 Å². The standard InChI is InChI=1S/C28H27N3O7S/c1-30(21-13-14-39(36,37)17-21)25(32)16-38-28(33)26-22-6-2-3-8-24(22)29-27-19(5-4-7-23(26)27)15-18-9-11-20(12-10-18)31(34)35/h2-3,6,8-12,15,21H,4-5,7,13-14,16-17H2,1H3/b19-15+/t21-/m0/s1. The van der Waals surface area contributed by atoms with Gasteiger partial charge < -0.3 is 9.64 Å². The smallest absolute Gasteiger partial charge is 0.339 e. The van der Waals surface area contributed by atoms with Crippen LogP contribution in [0.15, 0.2) is 48.5 Å². The number of fused-ring (bicyclic) bond motifs is 2. The molecule has 0 bridgehead atoms. The number of hydrogen-bond acceptors (Lipinski definition) is 8. The van der Waals surface area contributed by atoms with Crippen LogP contribution in [0.3, 0.4) is 0 Å². The van der Waals surface area contributed by atoms with Crippen molar-refractivity contribution in [2.45, 2.75) is 31.7 Å². The number of carbonyl (C=O) groups is 2. The van der Waals surface area contributed by atoms with Gasteiger partial charge in [0.2, 0.25) is 0 Å². The highest BCUT2D eigenvalue weighted by molar-refractivity contribution is 7.91. The molecule has 0 N–H and O–H groups in total. The number of nitrogens with zero attached hydrogens (tertiary/aromatic N) is 3. The molecule has 1 saturated heterocycles. The first-order valence-electron chi connectivity index (χ1n) is 12.6. The van der Waals surface area contributed by atoms with Crippen molar-refractivity contribution in [3.63, 3.8) is 0 Å². The van der Waals surface area contributed by atoms with Gasteiger partial charge >= 0.3 is 5.97 Å². The summed E-state index contributed by atoms with van der Waals surface area (Å²) in [5.41, 5.74) is 4.08. The van der Waals surface area contributed by atoms with E-state index in [0.717, 1.165) is 29.5 Å². The SMILES string of the molecule is CN(C(=O)COC(=O)c1c2c(nc3ccccc13)/C(=C/c1ccc([N+](=O)[O-])cc1)CCC2)[C@H]1CCS(=O)(=O)C1. The Labute approximate surface area is 225 Å². The summed E-state index contributed by atoms with van der Waals surface area (Å²) in [5.74, 6) is -1.14.